The van der Waals surface area contributed by atoms with Crippen LogP contribution in [0, 0.1) is 0 Å². The van der Waals surface area contributed by atoms with Crippen LogP contribution in [-0.4, -0.2) is 59.3 Å². The number of ether oxygens (including phenoxy) is 1. The molecule has 2 N–H and O–H groups in total. The Hall–Kier alpha value is -3.27. The van der Waals surface area contributed by atoms with E-state index in [1.165, 1.54) is 17.5 Å². The highest BCUT2D eigenvalue weighted by Gasteiger charge is 2.34. The number of aromatic nitrogens is 1. The normalized spacial score (nSPS) is 14.6. The lowest BCUT2D eigenvalue weighted by Crippen LogP contribution is -2.51. The highest BCUT2D eigenvalue weighted by Crippen LogP contribution is 2.24. The van der Waals surface area contributed by atoms with Crippen LogP contribution < -0.4 is 10.6 Å². The molecule has 1 saturated carbocycles. The molecule has 34 heavy (non-hydrogen) atoms. The average Bonchev–Trinajstić information content (AvgIpc) is 3.39. The van der Waals surface area contributed by atoms with Gasteiger partial charge in [0.25, 0.3) is 5.91 Å². The van der Waals surface area contributed by atoms with Gasteiger partial charge >= 0.3 is 5.97 Å². The van der Waals surface area contributed by atoms with Crippen molar-refractivity contribution in [1.82, 2.24) is 20.5 Å². The summed E-state index contributed by atoms with van der Waals surface area (Å²) in [5.74, 6) is -2.00. The third kappa shape index (κ3) is 7.11. The van der Waals surface area contributed by atoms with Gasteiger partial charge in [0, 0.05) is 24.0 Å². The molecule has 3 amide bonds. The van der Waals surface area contributed by atoms with E-state index < -0.39 is 30.4 Å². The lowest BCUT2D eigenvalue weighted by molar-refractivity contribution is -0.152. The van der Waals surface area contributed by atoms with E-state index in [2.05, 4.69) is 15.6 Å². The van der Waals surface area contributed by atoms with E-state index in [-0.39, 0.29) is 25.1 Å². The van der Waals surface area contributed by atoms with E-state index in [4.69, 9.17) is 4.74 Å². The molecule has 1 aliphatic rings. The van der Waals surface area contributed by atoms with Crippen molar-refractivity contribution < 1.29 is 23.9 Å². The van der Waals surface area contributed by atoms with Gasteiger partial charge in [-0.15, -0.1) is 11.3 Å². The third-order valence-corrected chi connectivity index (χ3v) is 6.45. The molecule has 1 aliphatic carbocycles. The Labute approximate surface area is 202 Å². The first-order valence-corrected chi connectivity index (χ1v) is 12.3. The summed E-state index contributed by atoms with van der Waals surface area (Å²) in [6.07, 6.45) is 8.00. The Balaban J connectivity index is 1.83. The van der Waals surface area contributed by atoms with Gasteiger partial charge in [-0.2, -0.15) is 0 Å². The van der Waals surface area contributed by atoms with Crippen LogP contribution in [0.3, 0.4) is 0 Å². The van der Waals surface area contributed by atoms with E-state index in [9.17, 15) is 19.2 Å². The van der Waals surface area contributed by atoms with E-state index in [1.807, 2.05) is 0 Å². The number of esters is 1. The number of hydrogen-bond donors (Lipinski definition) is 2. The van der Waals surface area contributed by atoms with Crippen LogP contribution >= 0.6 is 11.3 Å². The van der Waals surface area contributed by atoms with Crippen molar-refractivity contribution in [2.75, 3.05) is 19.7 Å². The minimum Gasteiger partial charge on any atom is -0.465 e. The second kappa shape index (κ2) is 12.8. The summed E-state index contributed by atoms with van der Waals surface area (Å²) in [6.45, 7) is 1.00. The number of rotatable bonds is 10. The van der Waals surface area contributed by atoms with Crippen molar-refractivity contribution in [2.24, 2.45) is 0 Å². The van der Waals surface area contributed by atoms with Gasteiger partial charge in [0.15, 0.2) is 0 Å². The Morgan fingerprint density at radius 1 is 1.18 bits per heavy atom. The predicted octanol–water partition coefficient (Wildman–Crippen LogP) is 2.45. The highest BCUT2D eigenvalue weighted by atomic mass is 32.1. The maximum atomic E-state index is 13.5. The van der Waals surface area contributed by atoms with Crippen molar-refractivity contribution in [3.63, 3.8) is 0 Å². The van der Waals surface area contributed by atoms with E-state index in [0.717, 1.165) is 37.0 Å². The Morgan fingerprint density at radius 2 is 1.97 bits per heavy atom. The molecule has 0 unspecified atom stereocenters. The summed E-state index contributed by atoms with van der Waals surface area (Å²) in [6, 6.07) is 5.67. The van der Waals surface area contributed by atoms with Crippen molar-refractivity contribution in [1.29, 1.82) is 0 Å². The molecular formula is C24H30N4O5S. The summed E-state index contributed by atoms with van der Waals surface area (Å²) >= 11 is 1.25. The quantitative estimate of drug-likeness (QED) is 0.498. The molecule has 2 heterocycles. The van der Waals surface area contributed by atoms with Crippen molar-refractivity contribution in [3.8, 4) is 0 Å². The predicted molar refractivity (Wildman–Crippen MR) is 127 cm³/mol. The third-order valence-electron chi connectivity index (χ3n) is 5.58. The zero-order valence-electron chi connectivity index (χ0n) is 19.2. The number of thiophene rings is 1. The van der Waals surface area contributed by atoms with Crippen molar-refractivity contribution in [3.05, 3.63) is 52.5 Å². The van der Waals surface area contributed by atoms with Gasteiger partial charge in [0.05, 0.1) is 18.0 Å². The van der Waals surface area contributed by atoms with Crippen LogP contribution in [0.2, 0.25) is 0 Å². The van der Waals surface area contributed by atoms with Gasteiger partial charge in [-0.05, 0) is 37.3 Å². The number of nitrogens with one attached hydrogen (secondary N) is 2. The molecule has 3 rings (SSSR count). The summed E-state index contributed by atoms with van der Waals surface area (Å²) in [7, 11) is 0. The maximum Gasteiger partial charge on any atom is 0.325 e. The molecular weight excluding hydrogens is 456 g/mol. The Kier molecular flexibility index (Phi) is 9.57. The largest absolute Gasteiger partial charge is 0.465 e. The van der Waals surface area contributed by atoms with Gasteiger partial charge in [0.2, 0.25) is 11.8 Å². The number of hydrogen-bond acceptors (Lipinski definition) is 7. The van der Waals surface area contributed by atoms with E-state index in [1.54, 1.807) is 42.8 Å². The molecule has 10 heteroatoms. The number of nitrogens with zero attached hydrogens (tertiary/aromatic N) is 2. The molecule has 0 bridgehead atoms. The summed E-state index contributed by atoms with van der Waals surface area (Å²) in [5.41, 5.74) is 0.470. The lowest BCUT2D eigenvalue weighted by Gasteiger charge is -2.32. The maximum absolute atomic E-state index is 13.5. The lowest BCUT2D eigenvalue weighted by atomic mass is 9.95. The number of carbonyl (C=O) groups is 4. The minimum atomic E-state index is -1.09. The smallest absolute Gasteiger partial charge is 0.325 e. The zero-order valence-corrected chi connectivity index (χ0v) is 20.0. The summed E-state index contributed by atoms with van der Waals surface area (Å²) in [5, 5.41) is 7.39. The van der Waals surface area contributed by atoms with Crippen LogP contribution in [-0.2, 0) is 19.1 Å². The topological polar surface area (TPSA) is 118 Å². The van der Waals surface area contributed by atoms with E-state index in [0.29, 0.717) is 10.4 Å². The Bertz CT molecular complexity index is 961. The van der Waals surface area contributed by atoms with Gasteiger partial charge < -0.3 is 20.3 Å². The van der Waals surface area contributed by atoms with Crippen LogP contribution in [0.5, 0.6) is 0 Å². The fraction of sp³-hybridized carbons (Fsp3) is 0.458. The first kappa shape index (κ1) is 25.4. The molecule has 0 radical (unpaired) electrons. The highest BCUT2D eigenvalue weighted by molar-refractivity contribution is 7.12. The molecule has 1 fully saturated rings. The first-order chi connectivity index (χ1) is 16.5. The second-order valence-corrected chi connectivity index (χ2v) is 8.97. The molecule has 0 saturated heterocycles. The Morgan fingerprint density at radius 3 is 2.62 bits per heavy atom. The second-order valence-electron chi connectivity index (χ2n) is 8.02. The van der Waals surface area contributed by atoms with Gasteiger partial charge in [-0.3, -0.25) is 24.2 Å². The van der Waals surface area contributed by atoms with Gasteiger partial charge in [-0.1, -0.05) is 31.4 Å². The fourth-order valence-corrected chi connectivity index (χ4v) is 4.60. The van der Waals surface area contributed by atoms with Crippen molar-refractivity contribution in [2.45, 2.75) is 51.1 Å². The zero-order chi connectivity index (χ0) is 24.3. The minimum absolute atomic E-state index is 0.0125. The summed E-state index contributed by atoms with van der Waals surface area (Å²) < 4.78 is 5.06. The van der Waals surface area contributed by atoms with Crippen LogP contribution in [0.1, 0.15) is 60.3 Å². The number of carbonyl (C=O) groups excluding carboxylic acids is 4. The molecule has 0 aromatic carbocycles. The average molecular weight is 487 g/mol. The van der Waals surface area contributed by atoms with Crippen LogP contribution in [0.25, 0.3) is 0 Å². The first-order valence-electron chi connectivity index (χ1n) is 11.5. The molecule has 0 spiro atoms. The molecule has 182 valence electrons. The molecule has 2 aromatic heterocycles. The van der Waals surface area contributed by atoms with Crippen molar-refractivity contribution >= 4 is 35.0 Å². The molecule has 9 nitrogen and oxygen atoms in total. The number of pyridine rings is 1. The van der Waals surface area contributed by atoms with Gasteiger partial charge in [0.1, 0.15) is 12.6 Å². The van der Waals surface area contributed by atoms with E-state index >= 15 is 0 Å². The van der Waals surface area contributed by atoms with Crippen LogP contribution in [0.15, 0.2) is 42.0 Å². The molecule has 0 aliphatic heterocycles. The SMILES string of the molecule is CCOC(=O)CN(C(=O)CNC(=O)c1cccs1)[C@@H](C(=O)NC1CCCCC1)c1cccnc1. The van der Waals surface area contributed by atoms with Gasteiger partial charge in [-0.25, -0.2) is 0 Å². The fourth-order valence-electron chi connectivity index (χ4n) is 3.96. The molecule has 2 aromatic rings. The monoisotopic (exact) mass is 486 g/mol. The standard InChI is InChI=1S/C24H30N4O5S/c1-2-33-21(30)16-28(20(29)15-26-23(31)19-11-7-13-34-19)22(17-8-6-12-25-14-17)24(32)27-18-9-4-3-5-10-18/h6-8,11-14,18,22H,2-5,9-10,15-16H2,1H3,(H,26,31)(H,27,32)/t22-/m1/s1. The molecule has 1 atom stereocenters. The number of amides is 3. The van der Waals surface area contributed by atoms with Crippen LogP contribution in [0.4, 0.5) is 0 Å². The summed E-state index contributed by atoms with van der Waals surface area (Å²) in [4.78, 5) is 57.2.